The van der Waals surface area contributed by atoms with Crippen molar-refractivity contribution in [2.24, 2.45) is 0 Å². The van der Waals surface area contributed by atoms with E-state index in [0.717, 1.165) is 0 Å². The molecule has 0 spiro atoms. The first-order chi connectivity index (χ1) is 20.1. The van der Waals surface area contributed by atoms with Crippen LogP contribution >= 0.6 is 0 Å². The second kappa shape index (κ2) is 7.10. The lowest BCUT2D eigenvalue weighted by molar-refractivity contribution is 0.644. The average molecular weight is 525 g/mol. The fourth-order valence-electron chi connectivity index (χ4n) is 7.57. The molecule has 0 saturated heterocycles. The molecule has 10 rings (SSSR count). The topological polar surface area (TPSA) is 34.6 Å². The summed E-state index contributed by atoms with van der Waals surface area (Å²) < 4.78 is 4.83. The molecule has 0 N–H and O–H groups in total. The van der Waals surface area contributed by atoms with Gasteiger partial charge in [0.1, 0.15) is 0 Å². The van der Waals surface area contributed by atoms with Crippen LogP contribution in [0.3, 0.4) is 0 Å². The van der Waals surface area contributed by atoms with Crippen molar-refractivity contribution < 1.29 is 0 Å². The molecular formula is C37H24N4. The lowest BCUT2D eigenvalue weighted by atomic mass is 9.76. The van der Waals surface area contributed by atoms with Crippen molar-refractivity contribution in [3.05, 3.63) is 121 Å². The van der Waals surface area contributed by atoms with E-state index in [1.807, 2.05) is 24.8 Å². The van der Waals surface area contributed by atoms with Crippen LogP contribution in [0.5, 0.6) is 0 Å². The van der Waals surface area contributed by atoms with Gasteiger partial charge in [-0.15, -0.1) is 0 Å². The molecule has 0 atom stereocenters. The van der Waals surface area contributed by atoms with Crippen molar-refractivity contribution in [2.75, 3.05) is 0 Å². The number of nitrogens with zero attached hydrogens (tertiary/aromatic N) is 4. The second-order valence-corrected chi connectivity index (χ2v) is 12.0. The minimum Gasteiger partial charge on any atom is -0.308 e. The lowest BCUT2D eigenvalue weighted by Crippen LogP contribution is -2.18. The van der Waals surface area contributed by atoms with Gasteiger partial charge in [0.2, 0.25) is 0 Å². The number of rotatable bonds is 2. The highest BCUT2D eigenvalue weighted by atomic mass is 14.9. The molecule has 0 amide bonds. The minimum absolute atomic E-state index is 0.252. The largest absolute Gasteiger partial charge is 0.308 e. The quantitative estimate of drug-likeness (QED) is 0.226. The molecule has 6 aromatic heterocycles. The van der Waals surface area contributed by atoms with Gasteiger partial charge >= 0.3 is 0 Å². The molecule has 4 aromatic carbocycles. The number of hydrogen-bond donors (Lipinski definition) is 0. The van der Waals surface area contributed by atoms with Crippen molar-refractivity contribution in [1.82, 2.24) is 18.8 Å². The molecule has 0 bridgehead atoms. The Morgan fingerprint density at radius 2 is 0.854 bits per heavy atom. The number of benzene rings is 4. The maximum absolute atomic E-state index is 4.52. The fourth-order valence-corrected chi connectivity index (χ4v) is 7.57. The molecule has 10 aromatic rings. The van der Waals surface area contributed by atoms with Crippen LogP contribution < -0.4 is 0 Å². The van der Waals surface area contributed by atoms with Crippen molar-refractivity contribution >= 4 is 76.2 Å². The third-order valence-corrected chi connectivity index (χ3v) is 9.64. The highest BCUT2D eigenvalue weighted by molar-refractivity contribution is 6.24. The summed E-state index contributed by atoms with van der Waals surface area (Å²) in [7, 11) is 0. The Morgan fingerprint density at radius 1 is 0.463 bits per heavy atom. The minimum atomic E-state index is -0.252. The Bertz CT molecular complexity index is 2320. The lowest BCUT2D eigenvalue weighted by Gasteiger charge is -2.27. The highest BCUT2D eigenvalue weighted by Crippen LogP contribution is 2.46. The zero-order chi connectivity index (χ0) is 27.0. The first kappa shape index (κ1) is 21.6. The summed E-state index contributed by atoms with van der Waals surface area (Å²) in [6.07, 6.45) is 7.84. The Labute approximate surface area is 234 Å². The van der Waals surface area contributed by atoms with E-state index in [9.17, 15) is 0 Å². The summed E-state index contributed by atoms with van der Waals surface area (Å²) in [6, 6.07) is 31.5. The van der Waals surface area contributed by atoms with E-state index >= 15 is 0 Å². The van der Waals surface area contributed by atoms with Gasteiger partial charge in [-0.2, -0.15) is 0 Å². The highest BCUT2D eigenvalue weighted by Gasteiger charge is 2.29. The third kappa shape index (κ3) is 2.48. The smallest absolute Gasteiger partial charge is 0.0621 e. The summed E-state index contributed by atoms with van der Waals surface area (Å²) in [6.45, 7) is 4.73. The Hall–Kier alpha value is -5.22. The van der Waals surface area contributed by atoms with Crippen LogP contribution in [0.2, 0.25) is 0 Å². The monoisotopic (exact) mass is 524 g/mol. The van der Waals surface area contributed by atoms with Crippen molar-refractivity contribution in [2.45, 2.75) is 19.3 Å². The predicted molar refractivity (Wildman–Crippen MR) is 170 cm³/mol. The molecule has 0 aliphatic rings. The Kier molecular flexibility index (Phi) is 3.74. The van der Waals surface area contributed by atoms with E-state index in [0.29, 0.717) is 0 Å². The summed E-state index contributed by atoms with van der Waals surface area (Å²) in [5, 5.41) is 10.1. The second-order valence-electron chi connectivity index (χ2n) is 12.0. The van der Waals surface area contributed by atoms with E-state index in [4.69, 9.17) is 0 Å². The van der Waals surface area contributed by atoms with E-state index in [-0.39, 0.29) is 5.41 Å². The van der Waals surface area contributed by atoms with Gasteiger partial charge in [0.15, 0.2) is 0 Å². The van der Waals surface area contributed by atoms with Gasteiger partial charge in [0.05, 0.1) is 33.1 Å². The molecule has 0 unspecified atom stereocenters. The first-order valence-corrected chi connectivity index (χ1v) is 14.2. The van der Waals surface area contributed by atoms with E-state index in [1.54, 1.807) is 0 Å². The SMILES string of the molecule is CC(C)(c1cc2c3ccccc3n3c4ccncc4c(c1)c23)c1cc2c3ccccc3n3c4ccncc4c(c1)c23. The van der Waals surface area contributed by atoms with Crippen LogP contribution in [0.1, 0.15) is 25.0 Å². The zero-order valence-corrected chi connectivity index (χ0v) is 22.7. The van der Waals surface area contributed by atoms with Gasteiger partial charge in [-0.1, -0.05) is 50.2 Å². The number of pyridine rings is 2. The zero-order valence-electron chi connectivity index (χ0n) is 22.7. The molecule has 192 valence electrons. The average Bonchev–Trinajstić information content (AvgIpc) is 3.74. The molecule has 0 radical (unpaired) electrons. The third-order valence-electron chi connectivity index (χ3n) is 9.64. The van der Waals surface area contributed by atoms with Crippen LogP contribution in [-0.2, 0) is 5.41 Å². The molecule has 0 aliphatic heterocycles. The standard InChI is InChI=1S/C37H24N4/c1-37(2,21-15-25-23-7-3-5-9-31(23)40-33-11-13-38-19-29(33)27(17-21)35(25)40)22-16-26-24-8-4-6-10-32(24)41-34-12-14-39-20-30(34)28(18-22)36(26)41/h3-20H,1-2H3. The maximum Gasteiger partial charge on any atom is 0.0621 e. The van der Waals surface area contributed by atoms with Crippen molar-refractivity contribution in [3.8, 4) is 0 Å². The Morgan fingerprint density at radius 3 is 1.32 bits per heavy atom. The Balaban J connectivity index is 1.33. The van der Waals surface area contributed by atoms with Crippen LogP contribution in [0.25, 0.3) is 76.2 Å². The van der Waals surface area contributed by atoms with E-state index in [1.165, 1.54) is 87.3 Å². The maximum atomic E-state index is 4.52. The molecule has 0 aliphatic carbocycles. The summed E-state index contributed by atoms with van der Waals surface area (Å²) in [4.78, 5) is 9.04. The van der Waals surface area contributed by atoms with E-state index in [2.05, 4.69) is 118 Å². The van der Waals surface area contributed by atoms with Crippen molar-refractivity contribution in [3.63, 3.8) is 0 Å². The normalized spacial score (nSPS) is 13.1. The molecule has 4 heteroatoms. The van der Waals surface area contributed by atoms with Crippen LogP contribution in [-0.4, -0.2) is 18.8 Å². The molecule has 0 saturated carbocycles. The molecule has 6 heterocycles. The summed E-state index contributed by atoms with van der Waals surface area (Å²) in [5.41, 5.74) is 9.84. The van der Waals surface area contributed by atoms with E-state index < -0.39 is 0 Å². The predicted octanol–water partition coefficient (Wildman–Crippen LogP) is 9.10. The molecule has 4 nitrogen and oxygen atoms in total. The molecular weight excluding hydrogens is 500 g/mol. The van der Waals surface area contributed by atoms with Gasteiger partial charge in [-0.05, 0) is 59.7 Å². The van der Waals surface area contributed by atoms with Crippen molar-refractivity contribution in [1.29, 1.82) is 0 Å². The van der Waals surface area contributed by atoms with Crippen LogP contribution in [0.15, 0.2) is 110 Å². The fraction of sp³-hybridized carbons (Fsp3) is 0.0811. The number of fused-ring (bicyclic) bond motifs is 12. The van der Waals surface area contributed by atoms with Crippen LogP contribution in [0, 0.1) is 0 Å². The van der Waals surface area contributed by atoms with Gasteiger partial charge in [0.25, 0.3) is 0 Å². The molecule has 0 fully saturated rings. The number of aromatic nitrogens is 4. The van der Waals surface area contributed by atoms with Crippen LogP contribution in [0.4, 0.5) is 0 Å². The first-order valence-electron chi connectivity index (χ1n) is 14.2. The van der Waals surface area contributed by atoms with Gasteiger partial charge in [0, 0.05) is 73.3 Å². The molecule has 41 heavy (non-hydrogen) atoms. The summed E-state index contributed by atoms with van der Waals surface area (Å²) in [5.74, 6) is 0. The summed E-state index contributed by atoms with van der Waals surface area (Å²) >= 11 is 0. The van der Waals surface area contributed by atoms with Gasteiger partial charge in [-0.25, -0.2) is 0 Å². The number of hydrogen-bond acceptors (Lipinski definition) is 2. The number of para-hydroxylation sites is 2. The van der Waals surface area contributed by atoms with Gasteiger partial charge in [-0.3, -0.25) is 9.97 Å². The van der Waals surface area contributed by atoms with Gasteiger partial charge < -0.3 is 8.80 Å².